The number of rotatable bonds is 9. The molecule has 1 aliphatic rings. The molecule has 0 aromatic rings. The Balaban J connectivity index is 2.46. The van der Waals surface area contributed by atoms with E-state index in [1.165, 1.54) is 13.0 Å². The van der Waals surface area contributed by atoms with Gasteiger partial charge >= 0.3 is 0 Å². The van der Waals surface area contributed by atoms with E-state index in [1.807, 2.05) is 0 Å². The lowest BCUT2D eigenvalue weighted by Crippen LogP contribution is -2.57. The average molecular weight is 271 g/mol. The Labute approximate surface area is 119 Å². The van der Waals surface area contributed by atoms with Crippen LogP contribution >= 0.6 is 0 Å². The summed E-state index contributed by atoms with van der Waals surface area (Å²) in [6.07, 6.45) is 3.41. The predicted octanol–water partition coefficient (Wildman–Crippen LogP) is 1.55. The Morgan fingerprint density at radius 3 is 2.11 bits per heavy atom. The summed E-state index contributed by atoms with van der Waals surface area (Å²) < 4.78 is 5.51. The molecule has 0 radical (unpaired) electrons. The van der Waals surface area contributed by atoms with Gasteiger partial charge in [-0.25, -0.2) is 0 Å². The van der Waals surface area contributed by atoms with Gasteiger partial charge in [0.2, 0.25) is 0 Å². The molecule has 0 unspecified atom stereocenters. The van der Waals surface area contributed by atoms with Gasteiger partial charge in [0, 0.05) is 25.3 Å². The summed E-state index contributed by atoms with van der Waals surface area (Å²) in [7, 11) is 0. The Kier molecular flexibility index (Phi) is 7.91. The average Bonchev–Trinajstić information content (AvgIpc) is 2.48. The maximum absolute atomic E-state index is 6.09. The van der Waals surface area contributed by atoms with Gasteiger partial charge in [0.15, 0.2) is 0 Å². The highest BCUT2D eigenvalue weighted by Crippen LogP contribution is 2.27. The zero-order chi connectivity index (χ0) is 14.1. The van der Waals surface area contributed by atoms with Crippen LogP contribution in [0.3, 0.4) is 0 Å². The second-order valence-corrected chi connectivity index (χ2v) is 5.50. The van der Waals surface area contributed by atoms with Crippen LogP contribution in [0.25, 0.3) is 0 Å². The molecule has 0 amide bonds. The highest BCUT2D eigenvalue weighted by atomic mass is 16.5. The van der Waals surface area contributed by atoms with E-state index in [1.54, 1.807) is 0 Å². The molecule has 1 heterocycles. The third-order valence-electron chi connectivity index (χ3n) is 4.65. The molecule has 0 aromatic heterocycles. The van der Waals surface area contributed by atoms with Crippen LogP contribution in [-0.4, -0.2) is 67.8 Å². The number of hydrogen-bond donors (Lipinski definition) is 1. The van der Waals surface area contributed by atoms with E-state index in [9.17, 15) is 0 Å². The number of likely N-dealkylation sites (N-methyl/N-ethyl adjacent to an activating group) is 1. The van der Waals surface area contributed by atoms with Gasteiger partial charge < -0.3 is 15.4 Å². The molecule has 1 saturated heterocycles. The van der Waals surface area contributed by atoms with Crippen molar-refractivity contribution in [3.8, 4) is 0 Å². The maximum atomic E-state index is 6.09. The van der Waals surface area contributed by atoms with Crippen molar-refractivity contribution in [1.29, 1.82) is 0 Å². The smallest absolute Gasteiger partial charge is 0.0484 e. The van der Waals surface area contributed by atoms with Gasteiger partial charge in [-0.05, 0) is 52.0 Å². The highest BCUT2D eigenvalue weighted by molar-refractivity contribution is 4.93. The van der Waals surface area contributed by atoms with Crippen LogP contribution in [0, 0.1) is 0 Å². The number of hydrogen-bond acceptors (Lipinski definition) is 4. The van der Waals surface area contributed by atoms with Crippen molar-refractivity contribution in [2.45, 2.75) is 45.6 Å². The highest BCUT2D eigenvalue weighted by Gasteiger charge is 2.36. The monoisotopic (exact) mass is 271 g/mol. The van der Waals surface area contributed by atoms with Crippen molar-refractivity contribution >= 4 is 0 Å². The molecular weight excluding hydrogens is 238 g/mol. The minimum atomic E-state index is 0.191. The predicted molar refractivity (Wildman–Crippen MR) is 81.5 cm³/mol. The van der Waals surface area contributed by atoms with Crippen molar-refractivity contribution < 1.29 is 4.74 Å². The lowest BCUT2D eigenvalue weighted by molar-refractivity contribution is -0.0233. The van der Waals surface area contributed by atoms with Gasteiger partial charge in [-0.2, -0.15) is 0 Å². The second kappa shape index (κ2) is 8.90. The molecule has 19 heavy (non-hydrogen) atoms. The van der Waals surface area contributed by atoms with Crippen LogP contribution in [-0.2, 0) is 4.74 Å². The third-order valence-corrected chi connectivity index (χ3v) is 4.65. The summed E-state index contributed by atoms with van der Waals surface area (Å²) in [5, 5.41) is 0. The lowest BCUT2D eigenvalue weighted by atomic mass is 9.87. The lowest BCUT2D eigenvalue weighted by Gasteiger charge is -2.45. The van der Waals surface area contributed by atoms with E-state index in [4.69, 9.17) is 10.5 Å². The fourth-order valence-electron chi connectivity index (χ4n) is 3.16. The maximum Gasteiger partial charge on any atom is 0.0484 e. The summed E-state index contributed by atoms with van der Waals surface area (Å²) in [6, 6.07) is 0. The molecule has 0 bridgehead atoms. The first-order chi connectivity index (χ1) is 9.22. The molecule has 1 fully saturated rings. The normalized spacial score (nSPS) is 19.3. The Bertz CT molecular complexity index is 225. The molecule has 0 aromatic carbocycles. The topological polar surface area (TPSA) is 41.7 Å². The molecule has 0 saturated carbocycles. The largest absolute Gasteiger partial charge is 0.381 e. The summed E-state index contributed by atoms with van der Waals surface area (Å²) in [4.78, 5) is 5.09. The summed E-state index contributed by atoms with van der Waals surface area (Å²) in [5.41, 5.74) is 6.28. The van der Waals surface area contributed by atoms with E-state index >= 15 is 0 Å². The van der Waals surface area contributed by atoms with Gasteiger partial charge in [0.25, 0.3) is 0 Å². The molecular formula is C15H33N3O. The summed E-state index contributed by atoms with van der Waals surface area (Å²) in [5.74, 6) is 0. The van der Waals surface area contributed by atoms with Gasteiger partial charge in [-0.15, -0.1) is 0 Å². The first kappa shape index (κ1) is 16.9. The van der Waals surface area contributed by atoms with Crippen LogP contribution in [0.1, 0.15) is 40.0 Å². The van der Waals surface area contributed by atoms with Crippen LogP contribution in [0.4, 0.5) is 0 Å². The van der Waals surface area contributed by atoms with E-state index < -0.39 is 0 Å². The van der Waals surface area contributed by atoms with Gasteiger partial charge in [0.05, 0.1) is 0 Å². The number of nitrogens with zero attached hydrogens (tertiary/aromatic N) is 2. The standard InChI is InChI=1S/C15H33N3O/c1-4-17(5-2)10-7-11-18(6-3)15(14-16)8-12-19-13-9-15/h4-14,16H2,1-3H3. The van der Waals surface area contributed by atoms with Crippen molar-refractivity contribution in [2.24, 2.45) is 5.73 Å². The Hall–Kier alpha value is -0.160. The molecule has 1 rings (SSSR count). The van der Waals surface area contributed by atoms with Crippen molar-refractivity contribution in [3.63, 3.8) is 0 Å². The Morgan fingerprint density at radius 2 is 1.63 bits per heavy atom. The van der Waals surface area contributed by atoms with Crippen LogP contribution in [0.5, 0.6) is 0 Å². The van der Waals surface area contributed by atoms with Gasteiger partial charge in [0.1, 0.15) is 0 Å². The Morgan fingerprint density at radius 1 is 1.00 bits per heavy atom. The first-order valence-electron chi connectivity index (χ1n) is 7.97. The second-order valence-electron chi connectivity index (χ2n) is 5.50. The quantitative estimate of drug-likeness (QED) is 0.691. The molecule has 0 spiro atoms. The fourth-order valence-corrected chi connectivity index (χ4v) is 3.16. The molecule has 0 aliphatic carbocycles. The van der Waals surface area contributed by atoms with Crippen molar-refractivity contribution in [2.75, 3.05) is 52.5 Å². The molecule has 2 N–H and O–H groups in total. The fraction of sp³-hybridized carbons (Fsp3) is 1.00. The summed E-state index contributed by atoms with van der Waals surface area (Å²) in [6.45, 7) is 15.0. The minimum absolute atomic E-state index is 0.191. The minimum Gasteiger partial charge on any atom is -0.381 e. The van der Waals surface area contributed by atoms with E-state index in [-0.39, 0.29) is 5.54 Å². The van der Waals surface area contributed by atoms with Gasteiger partial charge in [-0.1, -0.05) is 20.8 Å². The van der Waals surface area contributed by atoms with Crippen molar-refractivity contribution in [3.05, 3.63) is 0 Å². The summed E-state index contributed by atoms with van der Waals surface area (Å²) >= 11 is 0. The molecule has 114 valence electrons. The van der Waals surface area contributed by atoms with E-state index in [0.29, 0.717) is 0 Å². The molecule has 4 nitrogen and oxygen atoms in total. The number of ether oxygens (including phenoxy) is 1. The van der Waals surface area contributed by atoms with E-state index in [0.717, 1.165) is 58.8 Å². The van der Waals surface area contributed by atoms with Crippen LogP contribution < -0.4 is 5.73 Å². The van der Waals surface area contributed by atoms with Gasteiger partial charge in [-0.3, -0.25) is 4.90 Å². The zero-order valence-electron chi connectivity index (χ0n) is 13.2. The third kappa shape index (κ3) is 4.71. The van der Waals surface area contributed by atoms with Crippen molar-refractivity contribution in [1.82, 2.24) is 9.80 Å². The van der Waals surface area contributed by atoms with Crippen LogP contribution in [0.15, 0.2) is 0 Å². The molecule has 1 aliphatic heterocycles. The SMILES string of the molecule is CCN(CC)CCCN(CC)C1(CN)CCOCC1. The first-order valence-corrected chi connectivity index (χ1v) is 7.97. The molecule has 0 atom stereocenters. The number of nitrogens with two attached hydrogens (primary N) is 1. The van der Waals surface area contributed by atoms with E-state index in [2.05, 4.69) is 30.6 Å². The zero-order valence-corrected chi connectivity index (χ0v) is 13.2. The van der Waals surface area contributed by atoms with Crippen LogP contribution in [0.2, 0.25) is 0 Å². The molecule has 4 heteroatoms.